The largest absolute Gasteiger partial charge is 0.358 e. The number of alkyl halides is 2. The van der Waals surface area contributed by atoms with E-state index in [0.717, 1.165) is 25.7 Å². The van der Waals surface area contributed by atoms with Crippen LogP contribution in [0.5, 0.6) is 0 Å². The van der Waals surface area contributed by atoms with Crippen molar-refractivity contribution in [1.29, 1.82) is 0 Å². The van der Waals surface area contributed by atoms with Crippen molar-refractivity contribution in [3.8, 4) is 5.95 Å². The van der Waals surface area contributed by atoms with Crippen molar-refractivity contribution in [1.82, 2.24) is 35.1 Å². The van der Waals surface area contributed by atoms with E-state index in [-0.39, 0.29) is 24.4 Å². The molecule has 0 saturated heterocycles. The number of imidazole rings is 1. The highest BCUT2D eigenvalue weighted by Crippen LogP contribution is 2.21. The number of hydrogen-bond acceptors (Lipinski definition) is 5. The normalized spacial score (nSPS) is 19.7. The first-order valence-electron chi connectivity index (χ1n) is 9.76. The number of carbonyl (C=O) groups is 1. The number of carbonyl (C=O) groups excluding carboxylic acids is 1. The van der Waals surface area contributed by atoms with E-state index in [2.05, 4.69) is 30.6 Å². The van der Waals surface area contributed by atoms with E-state index in [0.29, 0.717) is 29.2 Å². The minimum atomic E-state index is -2.27. The number of rotatable bonds is 7. The van der Waals surface area contributed by atoms with Crippen LogP contribution in [-0.4, -0.2) is 55.5 Å². The van der Waals surface area contributed by atoms with Crippen molar-refractivity contribution in [2.24, 2.45) is 0 Å². The molecular formula is C19H23F2N7O. The molecule has 3 heterocycles. The Labute approximate surface area is 166 Å². The zero-order valence-electron chi connectivity index (χ0n) is 15.8. The van der Waals surface area contributed by atoms with Crippen LogP contribution in [0.4, 0.5) is 8.78 Å². The molecule has 1 saturated carbocycles. The fourth-order valence-corrected chi connectivity index (χ4v) is 3.68. The molecule has 1 amide bonds. The topological polar surface area (TPSA) is 101 Å². The van der Waals surface area contributed by atoms with Gasteiger partial charge in [0.15, 0.2) is 5.69 Å². The van der Waals surface area contributed by atoms with Crippen molar-refractivity contribution in [2.45, 2.75) is 50.6 Å². The van der Waals surface area contributed by atoms with Gasteiger partial charge in [0.2, 0.25) is 12.4 Å². The average Bonchev–Trinajstić information content (AvgIpc) is 3.40. The van der Waals surface area contributed by atoms with Crippen LogP contribution in [0.25, 0.3) is 17.0 Å². The van der Waals surface area contributed by atoms with Crippen LogP contribution in [-0.2, 0) is 0 Å². The lowest BCUT2D eigenvalue weighted by Gasteiger charge is -2.29. The zero-order valence-corrected chi connectivity index (χ0v) is 15.8. The summed E-state index contributed by atoms with van der Waals surface area (Å²) in [5, 5.41) is 6.24. The highest BCUT2D eigenvalue weighted by Gasteiger charge is 2.24. The van der Waals surface area contributed by atoms with Crippen LogP contribution >= 0.6 is 0 Å². The van der Waals surface area contributed by atoms with Gasteiger partial charge in [-0.1, -0.05) is 0 Å². The number of halogens is 2. The first-order valence-corrected chi connectivity index (χ1v) is 9.76. The first kappa shape index (κ1) is 19.4. The van der Waals surface area contributed by atoms with Gasteiger partial charge in [-0.3, -0.25) is 9.36 Å². The summed E-state index contributed by atoms with van der Waals surface area (Å²) in [6.07, 6.45) is 7.53. The molecule has 3 aromatic heterocycles. The van der Waals surface area contributed by atoms with Crippen molar-refractivity contribution in [3.05, 3.63) is 36.7 Å². The van der Waals surface area contributed by atoms with Crippen molar-refractivity contribution < 1.29 is 13.6 Å². The Bertz CT molecular complexity index is 949. The fourth-order valence-electron chi connectivity index (χ4n) is 3.68. The Morgan fingerprint density at radius 2 is 2.03 bits per heavy atom. The SMILES string of the molecule is O=C(N[C@H]1CC[C@@H](NCCC(F)F)CC1)c1nc(-n2ccnc2)nc2cc[nH]c12. The number of aromatic amines is 1. The van der Waals surface area contributed by atoms with Crippen LogP contribution in [0.15, 0.2) is 31.0 Å². The van der Waals surface area contributed by atoms with Gasteiger partial charge in [0.25, 0.3) is 5.91 Å². The number of hydrogen-bond donors (Lipinski definition) is 3. The quantitative estimate of drug-likeness (QED) is 0.563. The third-order valence-electron chi connectivity index (χ3n) is 5.20. The molecule has 0 spiro atoms. The molecule has 3 N–H and O–H groups in total. The maximum Gasteiger partial charge on any atom is 0.272 e. The molecule has 0 aromatic carbocycles. The molecule has 4 rings (SSSR count). The second-order valence-corrected chi connectivity index (χ2v) is 7.24. The van der Waals surface area contributed by atoms with Crippen LogP contribution in [0.1, 0.15) is 42.6 Å². The second-order valence-electron chi connectivity index (χ2n) is 7.24. The summed E-state index contributed by atoms with van der Waals surface area (Å²) in [6.45, 7) is 0.322. The maximum atomic E-state index is 12.9. The summed E-state index contributed by atoms with van der Waals surface area (Å²) in [6, 6.07) is 2.06. The number of amides is 1. The number of nitrogens with one attached hydrogen (secondary N) is 3. The summed E-state index contributed by atoms with van der Waals surface area (Å²) < 4.78 is 26.2. The summed E-state index contributed by atoms with van der Waals surface area (Å²) in [7, 11) is 0. The number of aromatic nitrogens is 5. The number of nitrogens with zero attached hydrogens (tertiary/aromatic N) is 4. The molecule has 1 fully saturated rings. The van der Waals surface area contributed by atoms with Gasteiger partial charge in [-0.2, -0.15) is 0 Å². The molecule has 0 radical (unpaired) electrons. The van der Waals surface area contributed by atoms with Gasteiger partial charge in [-0.05, 0) is 31.7 Å². The van der Waals surface area contributed by atoms with Crippen molar-refractivity contribution in [2.75, 3.05) is 6.54 Å². The van der Waals surface area contributed by atoms with E-state index in [4.69, 9.17) is 0 Å². The van der Waals surface area contributed by atoms with E-state index < -0.39 is 6.43 Å². The van der Waals surface area contributed by atoms with E-state index >= 15 is 0 Å². The Morgan fingerprint density at radius 3 is 2.76 bits per heavy atom. The second kappa shape index (κ2) is 8.64. The summed E-state index contributed by atoms with van der Waals surface area (Å²) in [4.78, 5) is 28.9. The van der Waals surface area contributed by atoms with Gasteiger partial charge in [0.05, 0.1) is 11.0 Å². The predicted molar refractivity (Wildman–Crippen MR) is 103 cm³/mol. The van der Waals surface area contributed by atoms with Crippen LogP contribution in [0.2, 0.25) is 0 Å². The predicted octanol–water partition coefficient (Wildman–Crippen LogP) is 2.43. The Morgan fingerprint density at radius 1 is 1.24 bits per heavy atom. The molecular weight excluding hydrogens is 380 g/mol. The van der Waals surface area contributed by atoms with Crippen LogP contribution < -0.4 is 10.6 Å². The number of H-pyrrole nitrogens is 1. The number of fused-ring (bicyclic) bond motifs is 1. The molecule has 3 aromatic rings. The van der Waals surface area contributed by atoms with E-state index in [1.807, 2.05) is 0 Å². The standard InChI is InChI=1S/C19H23F2N7O/c20-15(21)6-8-23-12-1-3-13(4-2-12)25-18(29)17-16-14(5-7-24-16)26-19(27-17)28-10-9-22-11-28/h5,7,9-13,15,23-24H,1-4,6,8H2,(H,25,29)/t12-,13+. The van der Waals surface area contributed by atoms with Gasteiger partial charge in [0, 0.05) is 43.6 Å². The summed E-state index contributed by atoms with van der Waals surface area (Å²) >= 11 is 0. The first-order chi connectivity index (χ1) is 14.1. The molecule has 1 aliphatic carbocycles. The monoisotopic (exact) mass is 403 g/mol. The van der Waals surface area contributed by atoms with Crippen LogP contribution in [0, 0.1) is 0 Å². The lowest BCUT2D eigenvalue weighted by Crippen LogP contribution is -2.42. The smallest absolute Gasteiger partial charge is 0.272 e. The lowest BCUT2D eigenvalue weighted by atomic mass is 9.91. The molecule has 0 unspecified atom stereocenters. The lowest BCUT2D eigenvalue weighted by molar-refractivity contribution is 0.0919. The Hall–Kier alpha value is -2.88. The van der Waals surface area contributed by atoms with Gasteiger partial charge < -0.3 is 15.6 Å². The van der Waals surface area contributed by atoms with E-state index in [1.54, 1.807) is 35.6 Å². The van der Waals surface area contributed by atoms with Crippen molar-refractivity contribution >= 4 is 16.9 Å². The van der Waals surface area contributed by atoms with Gasteiger partial charge in [-0.25, -0.2) is 23.7 Å². The van der Waals surface area contributed by atoms with Crippen LogP contribution in [0.3, 0.4) is 0 Å². The highest BCUT2D eigenvalue weighted by molar-refractivity contribution is 6.03. The van der Waals surface area contributed by atoms with Gasteiger partial charge in [-0.15, -0.1) is 0 Å². The van der Waals surface area contributed by atoms with E-state index in [1.165, 1.54) is 0 Å². The molecule has 8 nitrogen and oxygen atoms in total. The third-order valence-corrected chi connectivity index (χ3v) is 5.20. The molecule has 0 atom stereocenters. The average molecular weight is 403 g/mol. The maximum absolute atomic E-state index is 12.9. The minimum Gasteiger partial charge on any atom is -0.358 e. The third kappa shape index (κ3) is 4.58. The van der Waals surface area contributed by atoms with Gasteiger partial charge in [0.1, 0.15) is 6.33 Å². The highest BCUT2D eigenvalue weighted by atomic mass is 19.3. The Kier molecular flexibility index (Phi) is 5.79. The molecule has 1 aliphatic rings. The minimum absolute atomic E-state index is 0.0346. The molecule has 10 heteroatoms. The van der Waals surface area contributed by atoms with E-state index in [9.17, 15) is 13.6 Å². The summed E-state index contributed by atoms with van der Waals surface area (Å²) in [5.41, 5.74) is 1.54. The van der Waals surface area contributed by atoms with Gasteiger partial charge >= 0.3 is 0 Å². The zero-order chi connectivity index (χ0) is 20.2. The molecule has 0 bridgehead atoms. The molecule has 154 valence electrons. The summed E-state index contributed by atoms with van der Waals surface area (Å²) in [5.74, 6) is 0.127. The Balaban J connectivity index is 1.40. The fraction of sp³-hybridized carbons (Fsp3) is 0.474. The van der Waals surface area contributed by atoms with Crippen molar-refractivity contribution in [3.63, 3.8) is 0 Å². The molecule has 0 aliphatic heterocycles. The molecule has 29 heavy (non-hydrogen) atoms.